The van der Waals surface area contributed by atoms with E-state index in [1.165, 1.54) is 0 Å². The van der Waals surface area contributed by atoms with Crippen molar-refractivity contribution in [2.75, 3.05) is 39.7 Å². The molecule has 0 aliphatic carbocycles. The summed E-state index contributed by atoms with van der Waals surface area (Å²) in [4.78, 5) is 12.0. The molecule has 1 amide bonds. The van der Waals surface area contributed by atoms with Crippen LogP contribution < -0.4 is 24.8 Å². The number of rotatable bonds is 10. The molecule has 2 rings (SSSR count). The van der Waals surface area contributed by atoms with E-state index in [-0.39, 0.29) is 5.91 Å². The monoisotopic (exact) mass is 358 g/mol. The third-order valence-corrected chi connectivity index (χ3v) is 3.97. The number of ether oxygens (including phenoxy) is 3. The largest absolute Gasteiger partial charge is 0.497 e. The van der Waals surface area contributed by atoms with Crippen molar-refractivity contribution in [1.82, 2.24) is 5.32 Å². The highest BCUT2D eigenvalue weighted by Crippen LogP contribution is 2.28. The van der Waals surface area contributed by atoms with Gasteiger partial charge in [-0.1, -0.05) is 12.1 Å². The molecule has 0 fully saturated rings. The number of nitrogens with one attached hydrogen (secondary N) is 2. The van der Waals surface area contributed by atoms with Crippen LogP contribution in [0.15, 0.2) is 42.5 Å². The lowest BCUT2D eigenvalue weighted by Crippen LogP contribution is -2.27. The molecule has 0 bridgehead atoms. The van der Waals surface area contributed by atoms with Crippen LogP contribution in [0.2, 0.25) is 0 Å². The van der Waals surface area contributed by atoms with E-state index in [0.717, 1.165) is 29.2 Å². The number of carbonyl (C=O) groups excluding carboxylic acids is 1. The van der Waals surface area contributed by atoms with E-state index in [1.54, 1.807) is 27.4 Å². The average molecular weight is 358 g/mol. The maximum Gasteiger partial charge on any atom is 0.221 e. The maximum atomic E-state index is 12.0. The second-order valence-electron chi connectivity index (χ2n) is 5.69. The normalized spacial score (nSPS) is 10.1. The predicted octanol–water partition coefficient (Wildman–Crippen LogP) is 2.87. The number of anilines is 1. The van der Waals surface area contributed by atoms with E-state index in [4.69, 9.17) is 14.2 Å². The highest BCUT2D eigenvalue weighted by atomic mass is 16.5. The van der Waals surface area contributed by atoms with Gasteiger partial charge < -0.3 is 24.8 Å². The molecule has 0 saturated heterocycles. The quantitative estimate of drug-likeness (QED) is 0.683. The second-order valence-corrected chi connectivity index (χ2v) is 5.69. The summed E-state index contributed by atoms with van der Waals surface area (Å²) in [5.41, 5.74) is 1.99. The molecular formula is C20H26N2O4. The first-order valence-electron chi connectivity index (χ1n) is 8.51. The van der Waals surface area contributed by atoms with Crippen molar-refractivity contribution in [3.63, 3.8) is 0 Å². The second kappa shape index (κ2) is 10.2. The minimum absolute atomic E-state index is 0.0125. The fraction of sp³-hybridized carbons (Fsp3) is 0.350. The molecule has 2 aromatic rings. The SMILES string of the molecule is COc1ccc(CCNC(=O)CCNc2ccc(OC)cc2OC)cc1. The van der Waals surface area contributed by atoms with Gasteiger partial charge in [-0.25, -0.2) is 0 Å². The van der Waals surface area contributed by atoms with E-state index in [2.05, 4.69) is 10.6 Å². The number of carbonyl (C=O) groups is 1. The molecule has 0 spiro atoms. The van der Waals surface area contributed by atoms with E-state index < -0.39 is 0 Å². The summed E-state index contributed by atoms with van der Waals surface area (Å²) in [7, 11) is 4.86. The maximum absolute atomic E-state index is 12.0. The summed E-state index contributed by atoms with van der Waals surface area (Å²) >= 11 is 0. The van der Waals surface area contributed by atoms with Crippen molar-refractivity contribution in [3.05, 3.63) is 48.0 Å². The first-order chi connectivity index (χ1) is 12.7. The Balaban J connectivity index is 1.70. The van der Waals surface area contributed by atoms with Crippen LogP contribution in [-0.4, -0.2) is 40.3 Å². The first-order valence-corrected chi connectivity index (χ1v) is 8.51. The van der Waals surface area contributed by atoms with Crippen LogP contribution in [0, 0.1) is 0 Å². The third-order valence-electron chi connectivity index (χ3n) is 3.97. The first kappa shape index (κ1) is 19.4. The molecular weight excluding hydrogens is 332 g/mol. The van der Waals surface area contributed by atoms with E-state index >= 15 is 0 Å². The molecule has 2 N–H and O–H groups in total. The molecule has 26 heavy (non-hydrogen) atoms. The van der Waals surface area contributed by atoms with Crippen molar-refractivity contribution >= 4 is 11.6 Å². The zero-order valence-electron chi connectivity index (χ0n) is 15.5. The van der Waals surface area contributed by atoms with Gasteiger partial charge in [0.2, 0.25) is 5.91 Å². The predicted molar refractivity (Wildman–Crippen MR) is 102 cm³/mol. The topological polar surface area (TPSA) is 68.8 Å². The number of benzene rings is 2. The minimum atomic E-state index is 0.0125. The zero-order valence-corrected chi connectivity index (χ0v) is 15.5. The van der Waals surface area contributed by atoms with Gasteiger partial charge in [-0.2, -0.15) is 0 Å². The number of hydrogen-bond acceptors (Lipinski definition) is 5. The highest BCUT2D eigenvalue weighted by Gasteiger charge is 2.06. The van der Waals surface area contributed by atoms with Crippen molar-refractivity contribution in [2.24, 2.45) is 0 Å². The van der Waals surface area contributed by atoms with Crippen LogP contribution in [0.25, 0.3) is 0 Å². The molecule has 2 aromatic carbocycles. The molecule has 140 valence electrons. The van der Waals surface area contributed by atoms with Crippen molar-refractivity contribution < 1.29 is 19.0 Å². The van der Waals surface area contributed by atoms with E-state index in [0.29, 0.717) is 25.3 Å². The van der Waals surface area contributed by atoms with Crippen molar-refractivity contribution in [1.29, 1.82) is 0 Å². The van der Waals surface area contributed by atoms with Gasteiger partial charge in [-0.15, -0.1) is 0 Å². The Labute approximate surface area is 154 Å². The Morgan fingerprint density at radius 3 is 2.23 bits per heavy atom. The highest BCUT2D eigenvalue weighted by molar-refractivity contribution is 5.76. The molecule has 0 aromatic heterocycles. The Kier molecular flexibility index (Phi) is 7.61. The number of hydrogen-bond donors (Lipinski definition) is 2. The van der Waals surface area contributed by atoms with E-state index in [1.807, 2.05) is 36.4 Å². The average Bonchev–Trinajstić information content (AvgIpc) is 2.68. The molecule has 6 heteroatoms. The smallest absolute Gasteiger partial charge is 0.221 e. The van der Waals surface area contributed by atoms with Gasteiger partial charge in [0, 0.05) is 25.6 Å². The Bertz CT molecular complexity index is 701. The zero-order chi connectivity index (χ0) is 18.8. The number of amides is 1. The van der Waals surface area contributed by atoms with Crippen LogP contribution in [0.3, 0.4) is 0 Å². The Hall–Kier alpha value is -2.89. The van der Waals surface area contributed by atoms with Crippen molar-refractivity contribution in [3.8, 4) is 17.2 Å². The van der Waals surface area contributed by atoms with E-state index in [9.17, 15) is 4.79 Å². The van der Waals surface area contributed by atoms with Gasteiger partial charge >= 0.3 is 0 Å². The Morgan fingerprint density at radius 2 is 1.58 bits per heavy atom. The van der Waals surface area contributed by atoms with Crippen LogP contribution in [0.4, 0.5) is 5.69 Å². The van der Waals surface area contributed by atoms with Gasteiger partial charge in [-0.05, 0) is 36.2 Å². The minimum Gasteiger partial charge on any atom is -0.497 e. The van der Waals surface area contributed by atoms with Gasteiger partial charge in [0.25, 0.3) is 0 Å². The van der Waals surface area contributed by atoms with Crippen LogP contribution >= 0.6 is 0 Å². The molecule has 0 unspecified atom stereocenters. The summed E-state index contributed by atoms with van der Waals surface area (Å²) < 4.78 is 15.6. The Morgan fingerprint density at radius 1 is 0.885 bits per heavy atom. The van der Waals surface area contributed by atoms with Gasteiger partial charge in [0.1, 0.15) is 17.2 Å². The summed E-state index contributed by atoms with van der Waals surface area (Å²) in [5.74, 6) is 2.25. The van der Waals surface area contributed by atoms with Crippen molar-refractivity contribution in [2.45, 2.75) is 12.8 Å². The van der Waals surface area contributed by atoms with Crippen LogP contribution in [0.1, 0.15) is 12.0 Å². The standard InChI is InChI=1S/C20H26N2O4/c1-24-16-6-4-15(5-7-16)10-12-22-20(23)11-13-21-18-9-8-17(25-2)14-19(18)26-3/h4-9,14,21H,10-13H2,1-3H3,(H,22,23). The molecule has 0 heterocycles. The summed E-state index contributed by atoms with van der Waals surface area (Å²) in [6, 6.07) is 13.4. The fourth-order valence-corrected chi connectivity index (χ4v) is 2.48. The summed E-state index contributed by atoms with van der Waals surface area (Å²) in [6.45, 7) is 1.13. The summed E-state index contributed by atoms with van der Waals surface area (Å²) in [5, 5.41) is 6.14. The van der Waals surface area contributed by atoms with Gasteiger partial charge in [-0.3, -0.25) is 4.79 Å². The third kappa shape index (κ3) is 5.88. The van der Waals surface area contributed by atoms with Crippen LogP contribution in [-0.2, 0) is 11.2 Å². The van der Waals surface area contributed by atoms with Gasteiger partial charge in [0.05, 0.1) is 27.0 Å². The molecule has 0 radical (unpaired) electrons. The fourth-order valence-electron chi connectivity index (χ4n) is 2.48. The lowest BCUT2D eigenvalue weighted by Gasteiger charge is -2.12. The molecule has 0 saturated carbocycles. The van der Waals surface area contributed by atoms with Crippen LogP contribution in [0.5, 0.6) is 17.2 Å². The molecule has 0 aliphatic rings. The number of methoxy groups -OCH3 is 3. The lowest BCUT2D eigenvalue weighted by molar-refractivity contribution is -0.120. The summed E-state index contributed by atoms with van der Waals surface area (Å²) in [6.07, 6.45) is 1.17. The molecule has 0 aliphatic heterocycles. The lowest BCUT2D eigenvalue weighted by atomic mass is 10.1. The molecule has 6 nitrogen and oxygen atoms in total. The van der Waals surface area contributed by atoms with Gasteiger partial charge in [0.15, 0.2) is 0 Å². The molecule has 0 atom stereocenters.